The van der Waals surface area contributed by atoms with Crippen molar-refractivity contribution in [3.63, 3.8) is 0 Å². The van der Waals surface area contributed by atoms with E-state index in [4.69, 9.17) is 10.5 Å². The maximum absolute atomic E-state index is 5.98. The largest absolute Gasteiger partial charge is 0.380 e. The number of nitrogens with two attached hydrogens (primary N) is 1. The number of hydrogen-bond acceptors (Lipinski definition) is 3. The third-order valence-corrected chi connectivity index (χ3v) is 3.86. The zero-order chi connectivity index (χ0) is 11.4. The fraction of sp³-hybridized carbons (Fsp3) is 1.00. The molecular weight excluding hydrogens is 188 g/mol. The van der Waals surface area contributed by atoms with Crippen LogP contribution in [0.15, 0.2) is 0 Å². The van der Waals surface area contributed by atoms with E-state index in [9.17, 15) is 0 Å². The Morgan fingerprint density at radius 2 is 2.00 bits per heavy atom. The van der Waals surface area contributed by atoms with Crippen molar-refractivity contribution in [2.75, 3.05) is 20.2 Å². The quantitative estimate of drug-likeness (QED) is 0.770. The summed E-state index contributed by atoms with van der Waals surface area (Å²) in [5.41, 5.74) is 5.98. The first-order chi connectivity index (χ1) is 7.06. The minimum absolute atomic E-state index is 0.303. The van der Waals surface area contributed by atoms with Crippen LogP contribution in [0.25, 0.3) is 0 Å². The summed E-state index contributed by atoms with van der Waals surface area (Å²) < 4.78 is 5.39. The number of hydrogen-bond donors (Lipinski definition) is 1. The zero-order valence-corrected chi connectivity index (χ0v) is 10.6. The Labute approximate surface area is 94.0 Å². The highest BCUT2D eigenvalue weighted by molar-refractivity contribution is 4.83. The summed E-state index contributed by atoms with van der Waals surface area (Å²) in [5.74, 6) is 0.658. The van der Waals surface area contributed by atoms with Gasteiger partial charge in [-0.25, -0.2) is 0 Å². The Bertz CT molecular complexity index is 184. The van der Waals surface area contributed by atoms with Crippen LogP contribution >= 0.6 is 0 Å². The van der Waals surface area contributed by atoms with Crippen LogP contribution in [-0.2, 0) is 4.74 Å². The number of methoxy groups -OCH3 is 1. The van der Waals surface area contributed by atoms with Crippen molar-refractivity contribution in [1.29, 1.82) is 0 Å². The Balaban J connectivity index is 2.48. The summed E-state index contributed by atoms with van der Waals surface area (Å²) in [6.07, 6.45) is 2.85. The third-order valence-electron chi connectivity index (χ3n) is 3.86. The molecule has 0 radical (unpaired) electrons. The van der Waals surface area contributed by atoms with Crippen molar-refractivity contribution in [3.05, 3.63) is 0 Å². The van der Waals surface area contributed by atoms with Crippen LogP contribution in [0.3, 0.4) is 0 Å². The second-order valence-corrected chi connectivity index (χ2v) is 4.94. The van der Waals surface area contributed by atoms with E-state index in [1.807, 2.05) is 0 Å². The van der Waals surface area contributed by atoms with E-state index in [2.05, 4.69) is 25.7 Å². The van der Waals surface area contributed by atoms with Gasteiger partial charge < -0.3 is 10.5 Å². The fourth-order valence-corrected chi connectivity index (χ4v) is 2.33. The Morgan fingerprint density at radius 1 is 1.33 bits per heavy atom. The van der Waals surface area contributed by atoms with E-state index in [0.717, 1.165) is 6.54 Å². The van der Waals surface area contributed by atoms with Gasteiger partial charge in [0.05, 0.1) is 6.10 Å². The lowest BCUT2D eigenvalue weighted by atomic mass is 9.91. The third kappa shape index (κ3) is 3.44. The lowest BCUT2D eigenvalue weighted by Gasteiger charge is -2.40. The molecule has 1 rings (SSSR count). The van der Waals surface area contributed by atoms with E-state index in [-0.39, 0.29) is 0 Å². The van der Waals surface area contributed by atoms with Crippen LogP contribution in [0.2, 0.25) is 0 Å². The molecule has 0 spiro atoms. The van der Waals surface area contributed by atoms with Gasteiger partial charge in [0.2, 0.25) is 0 Å². The number of likely N-dealkylation sites (tertiary alicyclic amines) is 1. The van der Waals surface area contributed by atoms with Gasteiger partial charge in [0.15, 0.2) is 0 Å². The summed E-state index contributed by atoms with van der Waals surface area (Å²) in [7, 11) is 1.79. The second kappa shape index (κ2) is 5.83. The van der Waals surface area contributed by atoms with Gasteiger partial charge in [-0.2, -0.15) is 0 Å². The lowest BCUT2D eigenvalue weighted by molar-refractivity contribution is 0.0129. The SMILES string of the molecule is COC(C)C(C)N1CCCC(C(C)N)C1. The molecule has 4 atom stereocenters. The van der Waals surface area contributed by atoms with Gasteiger partial charge >= 0.3 is 0 Å². The first kappa shape index (κ1) is 12.9. The molecule has 90 valence electrons. The van der Waals surface area contributed by atoms with Crippen LogP contribution in [0.1, 0.15) is 33.6 Å². The fourth-order valence-electron chi connectivity index (χ4n) is 2.33. The van der Waals surface area contributed by atoms with E-state index < -0.39 is 0 Å². The molecular formula is C12H26N2O. The van der Waals surface area contributed by atoms with E-state index in [1.165, 1.54) is 19.4 Å². The van der Waals surface area contributed by atoms with Gasteiger partial charge in [-0.3, -0.25) is 4.90 Å². The number of piperidine rings is 1. The van der Waals surface area contributed by atoms with Crippen LogP contribution in [-0.4, -0.2) is 43.3 Å². The summed E-state index contributed by atoms with van der Waals surface area (Å²) in [6, 6.07) is 0.814. The Morgan fingerprint density at radius 3 is 2.53 bits per heavy atom. The number of nitrogens with zero attached hydrogens (tertiary/aromatic N) is 1. The smallest absolute Gasteiger partial charge is 0.0695 e. The van der Waals surface area contributed by atoms with Crippen molar-refractivity contribution in [3.8, 4) is 0 Å². The molecule has 15 heavy (non-hydrogen) atoms. The Kier molecular flexibility index (Phi) is 5.03. The molecule has 0 aromatic heterocycles. The minimum atomic E-state index is 0.303. The average molecular weight is 214 g/mol. The molecule has 4 unspecified atom stereocenters. The Hall–Kier alpha value is -0.120. The molecule has 2 N–H and O–H groups in total. The molecule has 0 bridgehead atoms. The summed E-state index contributed by atoms with van der Waals surface area (Å²) in [5, 5.41) is 0. The van der Waals surface area contributed by atoms with E-state index in [1.54, 1.807) is 7.11 Å². The van der Waals surface area contributed by atoms with Gasteiger partial charge in [-0.1, -0.05) is 0 Å². The van der Waals surface area contributed by atoms with E-state index in [0.29, 0.717) is 24.1 Å². The summed E-state index contributed by atoms with van der Waals surface area (Å²) >= 11 is 0. The summed E-state index contributed by atoms with van der Waals surface area (Å²) in [4.78, 5) is 2.52. The molecule has 1 saturated heterocycles. The highest BCUT2D eigenvalue weighted by Gasteiger charge is 2.27. The maximum atomic E-state index is 5.98. The van der Waals surface area contributed by atoms with Crippen molar-refractivity contribution in [2.45, 2.75) is 51.8 Å². The average Bonchev–Trinajstić information content (AvgIpc) is 2.27. The molecule has 0 amide bonds. The molecule has 1 aliphatic rings. The second-order valence-electron chi connectivity index (χ2n) is 4.94. The molecule has 1 fully saturated rings. The molecule has 0 aliphatic carbocycles. The van der Waals surface area contributed by atoms with Crippen LogP contribution in [0, 0.1) is 5.92 Å². The first-order valence-corrected chi connectivity index (χ1v) is 6.08. The normalized spacial score (nSPS) is 29.8. The van der Waals surface area contributed by atoms with Gasteiger partial charge in [0, 0.05) is 25.7 Å². The molecule has 3 nitrogen and oxygen atoms in total. The van der Waals surface area contributed by atoms with Crippen LogP contribution in [0.4, 0.5) is 0 Å². The van der Waals surface area contributed by atoms with Gasteiger partial charge in [-0.05, 0) is 46.1 Å². The molecule has 3 heteroatoms. The summed E-state index contributed by atoms with van der Waals surface area (Å²) in [6.45, 7) is 8.83. The van der Waals surface area contributed by atoms with Crippen LogP contribution < -0.4 is 5.73 Å². The van der Waals surface area contributed by atoms with Gasteiger partial charge in [-0.15, -0.1) is 0 Å². The molecule has 0 saturated carbocycles. The molecule has 0 aromatic carbocycles. The number of rotatable bonds is 4. The maximum Gasteiger partial charge on any atom is 0.0695 e. The first-order valence-electron chi connectivity index (χ1n) is 6.08. The van der Waals surface area contributed by atoms with Crippen molar-refractivity contribution >= 4 is 0 Å². The zero-order valence-electron chi connectivity index (χ0n) is 10.6. The van der Waals surface area contributed by atoms with Crippen molar-refractivity contribution in [2.24, 2.45) is 11.7 Å². The van der Waals surface area contributed by atoms with E-state index >= 15 is 0 Å². The minimum Gasteiger partial charge on any atom is -0.380 e. The standard InChI is InChI=1S/C12H26N2O/c1-9(13)12-6-5-7-14(8-12)10(2)11(3)15-4/h9-12H,5-8,13H2,1-4H3. The monoisotopic (exact) mass is 214 g/mol. The lowest BCUT2D eigenvalue weighted by Crippen LogP contribution is -2.49. The van der Waals surface area contributed by atoms with Crippen molar-refractivity contribution in [1.82, 2.24) is 4.90 Å². The highest BCUT2D eigenvalue weighted by Crippen LogP contribution is 2.21. The molecule has 1 heterocycles. The molecule has 1 aliphatic heterocycles. The van der Waals surface area contributed by atoms with Crippen LogP contribution in [0.5, 0.6) is 0 Å². The predicted octanol–water partition coefficient (Wildman–Crippen LogP) is 1.47. The highest BCUT2D eigenvalue weighted by atomic mass is 16.5. The predicted molar refractivity (Wildman–Crippen MR) is 63.9 cm³/mol. The van der Waals surface area contributed by atoms with Gasteiger partial charge in [0.25, 0.3) is 0 Å². The molecule has 0 aromatic rings. The topological polar surface area (TPSA) is 38.5 Å². The van der Waals surface area contributed by atoms with Gasteiger partial charge in [0.1, 0.15) is 0 Å². The van der Waals surface area contributed by atoms with Crippen molar-refractivity contribution < 1.29 is 4.74 Å². The number of ether oxygens (including phenoxy) is 1.